The minimum atomic E-state index is -0.125. The van der Waals surface area contributed by atoms with Crippen LogP contribution in [-0.2, 0) is 150 Å². The van der Waals surface area contributed by atoms with E-state index < -0.39 is 0 Å². The summed E-state index contributed by atoms with van der Waals surface area (Å²) in [6, 6.07) is 76.1. The van der Waals surface area contributed by atoms with Gasteiger partial charge in [-0.3, -0.25) is 48.9 Å². The summed E-state index contributed by atoms with van der Waals surface area (Å²) in [6.07, 6.45) is 9.75. The topological polar surface area (TPSA) is 251 Å². The molecule has 15 aromatic rings. The number of pyridine rings is 5. The van der Waals surface area contributed by atoms with Crippen molar-refractivity contribution in [2.24, 2.45) is 0 Å². The molecule has 787 valence electrons. The molecule has 15 rings (SSSR count). The van der Waals surface area contributed by atoms with Crippen LogP contribution >= 0.6 is 0 Å². The molecule has 0 aliphatic rings. The van der Waals surface area contributed by atoms with Crippen LogP contribution in [0.5, 0.6) is 0 Å². The minimum absolute atomic E-state index is 0. The van der Waals surface area contributed by atoms with E-state index >= 15 is 0 Å². The molecule has 0 amide bonds. The summed E-state index contributed by atoms with van der Waals surface area (Å²) in [5, 5.41) is 48.0. The molecule has 0 bridgehead atoms. The predicted molar refractivity (Wildman–Crippen MR) is 593 cm³/mol. The molecule has 0 aliphatic carbocycles. The smallest absolute Gasteiger partial charge is 0.155 e. The Balaban J connectivity index is 0.000000842. The summed E-state index contributed by atoms with van der Waals surface area (Å²) in [7, 11) is 0. The SMILES string of the molecule is CC(=O)C=C(C)O.CC(=O)C=C(C)O.CC(=O)C=C(C)O.CC(=O)C=C(C)O.CC(=O)C=C(C)O.CCc1cc2c(C)cccc2nc1-c1[c-]c(C)cc(C)c1.CCc1cc2cc(C)c(C)cc2nc1-c1[c-]c(C)cc(C)c1.CCc1cc2cc(C)ccc2nc1-c1[c-]c(C)cc(C)c1.CCc1cc2ccc(C)cc2nc1-c1[c-]c(C)cc(C)c1.Cc1[c-]c(-c2nc3cc(C)c(C)c(C)c3cc2C)cc(C)c1.[Ir].[Ir].[Ir].[Ir].[Ir]. The Bertz CT molecular complexity index is 6970. The molecule has 20 heteroatoms. The van der Waals surface area contributed by atoms with Crippen LogP contribution in [0.1, 0.15) is 225 Å². The normalized spacial score (nSPS) is 10.8. The van der Waals surface area contributed by atoms with Gasteiger partial charge >= 0.3 is 0 Å². The van der Waals surface area contributed by atoms with Crippen molar-refractivity contribution in [3.63, 3.8) is 0 Å². The molecule has 0 atom stereocenters. The summed E-state index contributed by atoms with van der Waals surface area (Å²) < 4.78 is 0. The number of benzene rings is 10. The second-order valence-corrected chi connectivity index (χ2v) is 37.0. The van der Waals surface area contributed by atoms with Crippen molar-refractivity contribution in [2.75, 3.05) is 0 Å². The van der Waals surface area contributed by atoms with Crippen LogP contribution in [-0.4, -0.2) is 79.4 Å². The Kier molecular flexibility index (Phi) is 58.2. The van der Waals surface area contributed by atoms with Gasteiger partial charge in [-0.25, -0.2) is 0 Å². The molecule has 0 aliphatic heterocycles. The van der Waals surface area contributed by atoms with Gasteiger partial charge in [-0.15, -0.1) is 174 Å². The van der Waals surface area contributed by atoms with Crippen molar-refractivity contribution in [2.45, 2.75) is 254 Å². The van der Waals surface area contributed by atoms with Gasteiger partial charge in [0.05, 0.1) is 56.4 Å². The molecule has 147 heavy (non-hydrogen) atoms. The number of carbonyl (C=O) groups excluding carboxylic acids is 5. The van der Waals surface area contributed by atoms with E-state index in [1.54, 1.807) is 0 Å². The molecule has 5 heterocycles. The molecular weight excluding hydrogens is 2720 g/mol. The number of aliphatic hydroxyl groups excluding tert-OH is 5. The number of hydrogen-bond donors (Lipinski definition) is 5. The minimum Gasteiger partial charge on any atom is -0.512 e. The summed E-state index contributed by atoms with van der Waals surface area (Å²) >= 11 is 0. The number of fused-ring (bicyclic) bond motifs is 5. The van der Waals surface area contributed by atoms with E-state index in [0.29, 0.717) is 0 Å². The number of ketones is 5. The van der Waals surface area contributed by atoms with Gasteiger partial charge in [0, 0.05) is 142 Å². The van der Waals surface area contributed by atoms with Crippen LogP contribution in [0.15, 0.2) is 223 Å². The van der Waals surface area contributed by atoms with Crippen LogP contribution in [0.3, 0.4) is 0 Å². The zero-order valence-electron chi connectivity index (χ0n) is 91.5. The second-order valence-electron chi connectivity index (χ2n) is 37.0. The fraction of sp³-hybridized carbons (Fsp3) is 0.291. The summed E-state index contributed by atoms with van der Waals surface area (Å²) in [4.78, 5) is 74.8. The van der Waals surface area contributed by atoms with Crippen molar-refractivity contribution in [3.05, 3.63) is 381 Å². The number of aliphatic hydroxyl groups is 5. The summed E-state index contributed by atoms with van der Waals surface area (Å²) in [5.74, 6) is -0.312. The first-order valence-electron chi connectivity index (χ1n) is 48.1. The van der Waals surface area contributed by atoms with Gasteiger partial charge < -0.3 is 25.5 Å². The molecule has 5 radical (unpaired) electrons. The second kappa shape index (κ2) is 64.1. The van der Waals surface area contributed by atoms with Crippen LogP contribution in [0, 0.1) is 162 Å². The van der Waals surface area contributed by atoms with Gasteiger partial charge in [-0.1, -0.05) is 191 Å². The maximum absolute atomic E-state index is 10.0. The third-order valence-corrected chi connectivity index (χ3v) is 22.5. The van der Waals surface area contributed by atoms with Crippen molar-refractivity contribution < 1.29 is 150 Å². The molecule has 15 nitrogen and oxygen atoms in total. The van der Waals surface area contributed by atoms with Crippen LogP contribution in [0.2, 0.25) is 0 Å². The van der Waals surface area contributed by atoms with Crippen LogP contribution in [0.25, 0.3) is 111 Å². The summed E-state index contributed by atoms with van der Waals surface area (Å²) in [5.41, 5.74) is 45.1. The molecule has 0 saturated carbocycles. The third-order valence-electron chi connectivity index (χ3n) is 22.5. The van der Waals surface area contributed by atoms with E-state index in [9.17, 15) is 24.0 Å². The quantitative estimate of drug-likeness (QED) is 0.0386. The van der Waals surface area contributed by atoms with Crippen molar-refractivity contribution in [3.8, 4) is 56.3 Å². The van der Waals surface area contributed by atoms with Gasteiger partial charge in [0.2, 0.25) is 0 Å². The van der Waals surface area contributed by atoms with E-state index in [-0.39, 0.29) is 158 Å². The van der Waals surface area contributed by atoms with Gasteiger partial charge in [0.15, 0.2) is 28.9 Å². The predicted octanol–water partition coefficient (Wildman–Crippen LogP) is 31.8. The van der Waals surface area contributed by atoms with E-state index in [1.807, 2.05) is 0 Å². The van der Waals surface area contributed by atoms with E-state index in [1.165, 1.54) is 232 Å². The number of nitrogens with zero attached hydrogens (tertiary/aromatic N) is 5. The molecule has 10 aromatic carbocycles. The Morgan fingerprint density at radius 1 is 0.238 bits per heavy atom. The molecule has 0 unspecified atom stereocenters. The van der Waals surface area contributed by atoms with Crippen molar-refractivity contribution in [1.29, 1.82) is 0 Å². The van der Waals surface area contributed by atoms with Gasteiger partial charge in [-0.2, -0.15) is 0 Å². The van der Waals surface area contributed by atoms with Gasteiger partial charge in [0.25, 0.3) is 0 Å². The number of hydrogen-bond acceptors (Lipinski definition) is 15. The Hall–Kier alpha value is -11.5. The maximum atomic E-state index is 10.0. The third kappa shape index (κ3) is 43.7. The molecule has 5 N–H and O–H groups in total. The van der Waals surface area contributed by atoms with Crippen molar-refractivity contribution >= 4 is 83.4 Å². The van der Waals surface area contributed by atoms with E-state index in [0.717, 1.165) is 132 Å². The standard InChI is InChI=1S/2C21H22N.3C20H20N.5C5H8O2.5Ir/c1-12-7-13(2)9-18(8-12)21-15(4)10-19-17(6)16(5)14(3)11-20(19)22-21;1-6-17-12-18-10-15(4)16(5)11-20(18)22-21(17)19-8-13(2)7-14(3)9-19;1-5-16-12-17-7-6-13(2)11-19(17)21-20(16)18-9-14(3)8-15(4)10-18;1-5-16-12-17-9-13(2)6-7-19(17)21-20(16)18-10-14(3)8-15(4)11-18;1-5-16-12-18-15(4)7-6-8-19(18)21-20(16)17-10-13(2)9-14(3)11-17;5*1-4(6)3-5(2)7;;;;;/h7-8,10-11H,1-6H3;7-8,10-12H,6H2,1-5H3;6-9,11-12H,5H2,1-4H3;2*6-10,12H,5H2,1-4H3;5*3,6H,1-2H3;;;;;/q5*-1;;;;;;;;;;. The fourth-order valence-electron chi connectivity index (χ4n) is 16.2. The van der Waals surface area contributed by atoms with Crippen LogP contribution in [0.4, 0.5) is 0 Å². The van der Waals surface area contributed by atoms with Gasteiger partial charge in [-0.05, 0) is 283 Å². The van der Waals surface area contributed by atoms with Crippen LogP contribution < -0.4 is 0 Å². The zero-order chi connectivity index (χ0) is 106. The molecule has 0 fully saturated rings. The number of aromatic nitrogens is 5. The average molecular weight is 2860 g/mol. The monoisotopic (exact) mass is 2860 g/mol. The van der Waals surface area contributed by atoms with Crippen molar-refractivity contribution in [1.82, 2.24) is 24.9 Å². The number of allylic oxidation sites excluding steroid dienone is 10. The van der Waals surface area contributed by atoms with Gasteiger partial charge in [0.1, 0.15) is 0 Å². The number of carbonyl (C=O) groups is 5. The Labute approximate surface area is 941 Å². The first kappa shape index (κ1) is 134. The zero-order valence-corrected chi connectivity index (χ0v) is 103. The van der Waals surface area contributed by atoms with E-state index in [2.05, 4.69) is 353 Å². The Morgan fingerprint density at radius 2 is 0.524 bits per heavy atom. The first-order valence-corrected chi connectivity index (χ1v) is 48.1. The first-order chi connectivity index (χ1) is 66.7. The molecule has 0 spiro atoms. The molecule has 5 aromatic heterocycles. The maximum Gasteiger partial charge on any atom is 0.155 e. The molecule has 0 saturated heterocycles. The fourth-order valence-corrected chi connectivity index (χ4v) is 16.2. The number of rotatable bonds is 14. The summed E-state index contributed by atoms with van der Waals surface area (Å²) in [6.45, 7) is 63.4. The van der Waals surface area contributed by atoms with E-state index in [4.69, 9.17) is 50.5 Å². The Morgan fingerprint density at radius 3 is 0.857 bits per heavy atom. The largest absolute Gasteiger partial charge is 0.512 e. The number of aryl methyl sites for hydroxylation is 22. The average Bonchev–Trinajstić information content (AvgIpc) is 0.788. The molecular formula is C127H144Ir5N5O10-5.